The largest absolute Gasteiger partial charge is 0.389 e. The zero-order chi connectivity index (χ0) is 8.39. The van der Waals surface area contributed by atoms with Crippen molar-refractivity contribution in [3.05, 3.63) is 36.5 Å². The average molecular weight is 162 g/mol. The van der Waals surface area contributed by atoms with E-state index in [1.54, 1.807) is 0 Å². The molecular formula is C11H14O. The molecule has 0 spiro atoms. The van der Waals surface area contributed by atoms with Crippen LogP contribution in [0.15, 0.2) is 36.5 Å². The number of hydrogen-bond donors (Lipinski definition) is 1. The third-order valence-electron chi connectivity index (χ3n) is 2.66. The fourth-order valence-corrected chi connectivity index (χ4v) is 1.96. The summed E-state index contributed by atoms with van der Waals surface area (Å²) in [6, 6.07) is 0. The van der Waals surface area contributed by atoms with Crippen LogP contribution in [0.5, 0.6) is 0 Å². The van der Waals surface area contributed by atoms with Gasteiger partial charge in [0.05, 0.1) is 6.10 Å². The number of aliphatic hydroxyl groups excluding tert-OH is 1. The number of fused-ring (bicyclic) bond motifs is 1. The summed E-state index contributed by atoms with van der Waals surface area (Å²) in [7, 11) is 0. The second-order valence-corrected chi connectivity index (χ2v) is 3.56. The Kier molecular flexibility index (Phi) is 2.13. The van der Waals surface area contributed by atoms with Crippen molar-refractivity contribution in [2.45, 2.75) is 18.9 Å². The Morgan fingerprint density at radius 3 is 2.58 bits per heavy atom. The summed E-state index contributed by atoms with van der Waals surface area (Å²) in [5, 5.41) is 9.48. The average Bonchev–Trinajstić information content (AvgIpc) is 2.25. The van der Waals surface area contributed by atoms with Gasteiger partial charge in [-0.05, 0) is 24.7 Å². The van der Waals surface area contributed by atoms with Crippen LogP contribution in [0.2, 0.25) is 0 Å². The van der Waals surface area contributed by atoms with Gasteiger partial charge in [-0.3, -0.25) is 0 Å². The molecule has 0 aliphatic heterocycles. The maximum Gasteiger partial charge on any atom is 0.0726 e. The standard InChI is InChI=1S/C11H14O/c12-11-7-3-6-9-4-1-2-5-10(9)8-11/h1-5,7,9-12H,6,8H2. The van der Waals surface area contributed by atoms with Gasteiger partial charge in [0, 0.05) is 0 Å². The predicted octanol–water partition coefficient (Wildman–Crippen LogP) is 2.06. The van der Waals surface area contributed by atoms with Crippen LogP contribution in [-0.4, -0.2) is 11.2 Å². The van der Waals surface area contributed by atoms with Gasteiger partial charge < -0.3 is 5.11 Å². The third-order valence-corrected chi connectivity index (χ3v) is 2.66. The highest BCUT2D eigenvalue weighted by Gasteiger charge is 2.21. The molecule has 0 amide bonds. The highest BCUT2D eigenvalue weighted by molar-refractivity contribution is 5.17. The van der Waals surface area contributed by atoms with Gasteiger partial charge in [-0.15, -0.1) is 0 Å². The topological polar surface area (TPSA) is 20.2 Å². The lowest BCUT2D eigenvalue weighted by atomic mass is 9.84. The molecule has 0 aromatic rings. The summed E-state index contributed by atoms with van der Waals surface area (Å²) in [6.07, 6.45) is 14.4. The molecule has 64 valence electrons. The van der Waals surface area contributed by atoms with E-state index in [1.165, 1.54) is 0 Å². The molecule has 3 unspecified atom stereocenters. The van der Waals surface area contributed by atoms with Gasteiger partial charge in [-0.2, -0.15) is 0 Å². The van der Waals surface area contributed by atoms with Gasteiger partial charge in [0.1, 0.15) is 0 Å². The van der Waals surface area contributed by atoms with E-state index in [0.29, 0.717) is 11.8 Å². The molecule has 0 radical (unpaired) electrons. The van der Waals surface area contributed by atoms with Crippen LogP contribution in [0.25, 0.3) is 0 Å². The van der Waals surface area contributed by atoms with E-state index in [9.17, 15) is 5.11 Å². The van der Waals surface area contributed by atoms with Gasteiger partial charge in [0.2, 0.25) is 0 Å². The maximum absolute atomic E-state index is 9.48. The van der Waals surface area contributed by atoms with Crippen molar-refractivity contribution in [2.24, 2.45) is 11.8 Å². The third kappa shape index (κ3) is 1.51. The molecule has 2 rings (SSSR count). The van der Waals surface area contributed by atoms with Gasteiger partial charge in [0.15, 0.2) is 0 Å². The molecule has 2 aliphatic rings. The molecule has 1 nitrogen and oxygen atoms in total. The van der Waals surface area contributed by atoms with E-state index in [2.05, 4.69) is 30.4 Å². The van der Waals surface area contributed by atoms with Crippen molar-refractivity contribution in [2.75, 3.05) is 0 Å². The molecule has 2 aliphatic carbocycles. The van der Waals surface area contributed by atoms with Crippen molar-refractivity contribution >= 4 is 0 Å². The summed E-state index contributed by atoms with van der Waals surface area (Å²) in [6.45, 7) is 0. The smallest absolute Gasteiger partial charge is 0.0726 e. The lowest BCUT2D eigenvalue weighted by Crippen LogP contribution is -2.15. The first-order valence-corrected chi connectivity index (χ1v) is 4.56. The van der Waals surface area contributed by atoms with Crippen molar-refractivity contribution < 1.29 is 5.11 Å². The monoisotopic (exact) mass is 162 g/mol. The molecule has 0 bridgehead atoms. The van der Waals surface area contributed by atoms with Gasteiger partial charge in [0.25, 0.3) is 0 Å². The zero-order valence-corrected chi connectivity index (χ0v) is 7.06. The van der Waals surface area contributed by atoms with Crippen LogP contribution in [0, 0.1) is 11.8 Å². The highest BCUT2D eigenvalue weighted by atomic mass is 16.3. The van der Waals surface area contributed by atoms with Crippen LogP contribution in [0.1, 0.15) is 12.8 Å². The molecule has 12 heavy (non-hydrogen) atoms. The van der Waals surface area contributed by atoms with Gasteiger partial charge >= 0.3 is 0 Å². The summed E-state index contributed by atoms with van der Waals surface area (Å²) in [5.74, 6) is 1.16. The molecule has 0 saturated carbocycles. The van der Waals surface area contributed by atoms with E-state index in [4.69, 9.17) is 0 Å². The van der Waals surface area contributed by atoms with E-state index in [0.717, 1.165) is 12.8 Å². The lowest BCUT2D eigenvalue weighted by molar-refractivity contribution is 0.191. The van der Waals surface area contributed by atoms with Crippen LogP contribution < -0.4 is 0 Å². The van der Waals surface area contributed by atoms with Crippen LogP contribution in [0.3, 0.4) is 0 Å². The van der Waals surface area contributed by atoms with Crippen molar-refractivity contribution in [1.82, 2.24) is 0 Å². The van der Waals surface area contributed by atoms with E-state index in [-0.39, 0.29) is 6.10 Å². The van der Waals surface area contributed by atoms with Gasteiger partial charge in [-0.25, -0.2) is 0 Å². The second kappa shape index (κ2) is 3.28. The first-order chi connectivity index (χ1) is 5.86. The molecule has 0 aromatic carbocycles. The summed E-state index contributed by atoms with van der Waals surface area (Å²) in [4.78, 5) is 0. The number of rotatable bonds is 0. The van der Waals surface area contributed by atoms with Crippen molar-refractivity contribution in [3.63, 3.8) is 0 Å². The van der Waals surface area contributed by atoms with E-state index in [1.807, 2.05) is 6.08 Å². The van der Waals surface area contributed by atoms with Crippen molar-refractivity contribution in [1.29, 1.82) is 0 Å². The van der Waals surface area contributed by atoms with Gasteiger partial charge in [-0.1, -0.05) is 36.5 Å². The first-order valence-electron chi connectivity index (χ1n) is 4.56. The van der Waals surface area contributed by atoms with Crippen molar-refractivity contribution in [3.8, 4) is 0 Å². The Morgan fingerprint density at radius 1 is 1.00 bits per heavy atom. The van der Waals surface area contributed by atoms with E-state index >= 15 is 0 Å². The summed E-state index contributed by atoms with van der Waals surface area (Å²) >= 11 is 0. The number of allylic oxidation sites excluding steroid dienone is 5. The fraction of sp³-hybridized carbons (Fsp3) is 0.455. The quantitative estimate of drug-likeness (QED) is 0.540. The Bertz CT molecular complexity index is 237. The highest BCUT2D eigenvalue weighted by Crippen LogP contribution is 2.29. The first kappa shape index (κ1) is 7.81. The number of hydrogen-bond acceptors (Lipinski definition) is 1. The molecule has 0 aromatic heterocycles. The minimum atomic E-state index is -0.240. The zero-order valence-electron chi connectivity index (χ0n) is 7.06. The maximum atomic E-state index is 9.48. The molecule has 1 N–H and O–H groups in total. The summed E-state index contributed by atoms with van der Waals surface area (Å²) in [5.41, 5.74) is 0. The van der Waals surface area contributed by atoms with Crippen LogP contribution in [-0.2, 0) is 0 Å². The predicted molar refractivity (Wildman–Crippen MR) is 49.6 cm³/mol. The Balaban J connectivity index is 2.14. The Hall–Kier alpha value is -0.820. The summed E-state index contributed by atoms with van der Waals surface area (Å²) < 4.78 is 0. The molecule has 0 saturated heterocycles. The fourth-order valence-electron chi connectivity index (χ4n) is 1.96. The van der Waals surface area contributed by atoms with E-state index < -0.39 is 0 Å². The van der Waals surface area contributed by atoms with Crippen LogP contribution in [0.4, 0.5) is 0 Å². The number of aliphatic hydroxyl groups is 1. The molecule has 1 heteroatoms. The normalized spacial score (nSPS) is 39.2. The second-order valence-electron chi connectivity index (χ2n) is 3.56. The Labute approximate surface area is 73.1 Å². The molecular weight excluding hydrogens is 148 g/mol. The minimum Gasteiger partial charge on any atom is -0.389 e. The minimum absolute atomic E-state index is 0.240. The molecule has 0 fully saturated rings. The Morgan fingerprint density at radius 2 is 1.75 bits per heavy atom. The lowest BCUT2D eigenvalue weighted by Gasteiger charge is -2.21. The van der Waals surface area contributed by atoms with Crippen LogP contribution >= 0.6 is 0 Å². The molecule has 3 atom stereocenters. The molecule has 0 heterocycles. The SMILES string of the molecule is OC1C=CCC2C=CC=CC2C1.